The van der Waals surface area contributed by atoms with E-state index in [2.05, 4.69) is 15.6 Å². The Morgan fingerprint density at radius 3 is 2.52 bits per heavy atom. The number of aromatic carboxylic acids is 1. The minimum absolute atomic E-state index is 0.190. The molecular formula is C15H15N3O3. The van der Waals surface area contributed by atoms with Gasteiger partial charge in [0.1, 0.15) is 0 Å². The van der Waals surface area contributed by atoms with Crippen molar-refractivity contribution in [3.05, 3.63) is 59.4 Å². The number of aryl methyl sites for hydroxylation is 1. The van der Waals surface area contributed by atoms with Crippen LogP contribution in [0.1, 0.15) is 21.5 Å². The van der Waals surface area contributed by atoms with E-state index in [0.29, 0.717) is 17.8 Å². The first-order chi connectivity index (χ1) is 10.1. The first-order valence-corrected chi connectivity index (χ1v) is 6.34. The Balaban J connectivity index is 1.95. The molecule has 3 N–H and O–H groups in total. The zero-order valence-corrected chi connectivity index (χ0v) is 11.5. The average molecular weight is 285 g/mol. The summed E-state index contributed by atoms with van der Waals surface area (Å²) in [5.74, 6) is -0.994. The summed E-state index contributed by atoms with van der Waals surface area (Å²) in [6, 6.07) is 7.82. The first kappa shape index (κ1) is 14.5. The number of nitrogens with one attached hydrogen (secondary N) is 2. The predicted octanol–water partition coefficient (Wildman–Crippen LogP) is 2.41. The van der Waals surface area contributed by atoms with Crippen molar-refractivity contribution in [2.45, 2.75) is 13.5 Å². The van der Waals surface area contributed by atoms with E-state index in [1.54, 1.807) is 25.4 Å². The third kappa shape index (κ3) is 4.04. The number of benzene rings is 1. The summed E-state index contributed by atoms with van der Waals surface area (Å²) in [5.41, 5.74) is 2.40. The summed E-state index contributed by atoms with van der Waals surface area (Å²) < 4.78 is 0. The number of nitrogens with zero attached hydrogens (tertiary/aromatic N) is 1. The van der Waals surface area contributed by atoms with Crippen LogP contribution in [0.4, 0.5) is 10.5 Å². The van der Waals surface area contributed by atoms with E-state index < -0.39 is 5.97 Å². The van der Waals surface area contributed by atoms with E-state index in [1.165, 1.54) is 12.1 Å². The van der Waals surface area contributed by atoms with Gasteiger partial charge in [-0.05, 0) is 48.4 Å². The fraction of sp³-hybridized carbons (Fsp3) is 0.133. The van der Waals surface area contributed by atoms with E-state index in [1.807, 2.05) is 12.1 Å². The van der Waals surface area contributed by atoms with Gasteiger partial charge in [0.25, 0.3) is 0 Å². The summed E-state index contributed by atoms with van der Waals surface area (Å²) in [4.78, 5) is 26.5. The molecule has 0 spiro atoms. The van der Waals surface area contributed by atoms with Crippen molar-refractivity contribution in [3.63, 3.8) is 0 Å². The Kier molecular flexibility index (Phi) is 4.50. The van der Waals surface area contributed by atoms with E-state index in [-0.39, 0.29) is 11.6 Å². The lowest BCUT2D eigenvalue weighted by Gasteiger charge is -2.10. The molecule has 0 bridgehead atoms. The van der Waals surface area contributed by atoms with Crippen molar-refractivity contribution in [1.82, 2.24) is 10.3 Å². The lowest BCUT2D eigenvalue weighted by molar-refractivity contribution is 0.0697. The highest BCUT2D eigenvalue weighted by molar-refractivity contribution is 5.92. The van der Waals surface area contributed by atoms with Crippen molar-refractivity contribution in [3.8, 4) is 0 Å². The summed E-state index contributed by atoms with van der Waals surface area (Å²) >= 11 is 0. The SMILES string of the molecule is Cc1cc(C(=O)O)ccc1NC(=O)NCc1ccncc1. The van der Waals surface area contributed by atoms with Crippen LogP contribution >= 0.6 is 0 Å². The molecule has 0 aliphatic carbocycles. The molecule has 6 nitrogen and oxygen atoms in total. The van der Waals surface area contributed by atoms with E-state index in [9.17, 15) is 9.59 Å². The highest BCUT2D eigenvalue weighted by Crippen LogP contribution is 2.16. The maximum Gasteiger partial charge on any atom is 0.335 e. The molecule has 0 saturated heterocycles. The molecule has 2 rings (SSSR count). The number of anilines is 1. The van der Waals surface area contributed by atoms with Crippen LogP contribution in [0.25, 0.3) is 0 Å². The fourth-order valence-corrected chi connectivity index (χ4v) is 1.79. The third-order valence-electron chi connectivity index (χ3n) is 2.92. The maximum absolute atomic E-state index is 11.8. The number of carbonyl (C=O) groups is 2. The van der Waals surface area contributed by atoms with Gasteiger partial charge in [0, 0.05) is 24.6 Å². The molecule has 0 atom stereocenters. The highest BCUT2D eigenvalue weighted by atomic mass is 16.4. The molecule has 0 unspecified atom stereocenters. The predicted molar refractivity (Wildman–Crippen MR) is 78.2 cm³/mol. The topological polar surface area (TPSA) is 91.3 Å². The number of hydrogen-bond acceptors (Lipinski definition) is 3. The summed E-state index contributed by atoms with van der Waals surface area (Å²) in [5, 5.41) is 14.3. The molecule has 2 aromatic rings. The van der Waals surface area contributed by atoms with Gasteiger partial charge in [-0.3, -0.25) is 4.98 Å². The number of urea groups is 1. The Bertz CT molecular complexity index is 656. The van der Waals surface area contributed by atoms with Crippen LogP contribution in [0, 0.1) is 6.92 Å². The number of pyridine rings is 1. The lowest BCUT2D eigenvalue weighted by Crippen LogP contribution is -2.28. The van der Waals surface area contributed by atoms with Crippen molar-refractivity contribution >= 4 is 17.7 Å². The van der Waals surface area contributed by atoms with Gasteiger partial charge in [-0.15, -0.1) is 0 Å². The number of carboxylic acid groups (broad SMARTS) is 1. The van der Waals surface area contributed by atoms with E-state index >= 15 is 0 Å². The van der Waals surface area contributed by atoms with Crippen LogP contribution in [0.5, 0.6) is 0 Å². The van der Waals surface area contributed by atoms with Crippen molar-refractivity contribution in [1.29, 1.82) is 0 Å². The molecular weight excluding hydrogens is 270 g/mol. The summed E-state index contributed by atoms with van der Waals surface area (Å²) in [6.07, 6.45) is 3.31. The highest BCUT2D eigenvalue weighted by Gasteiger charge is 2.08. The van der Waals surface area contributed by atoms with Gasteiger partial charge in [-0.25, -0.2) is 9.59 Å². The van der Waals surface area contributed by atoms with Crippen molar-refractivity contribution in [2.24, 2.45) is 0 Å². The van der Waals surface area contributed by atoms with Crippen LogP contribution in [0.15, 0.2) is 42.7 Å². The van der Waals surface area contributed by atoms with Crippen LogP contribution in [0.3, 0.4) is 0 Å². The second-order valence-corrected chi connectivity index (χ2v) is 4.50. The lowest BCUT2D eigenvalue weighted by atomic mass is 10.1. The Morgan fingerprint density at radius 1 is 1.19 bits per heavy atom. The Labute approximate surface area is 121 Å². The van der Waals surface area contributed by atoms with Crippen molar-refractivity contribution < 1.29 is 14.7 Å². The van der Waals surface area contributed by atoms with Gasteiger partial charge in [0.15, 0.2) is 0 Å². The molecule has 0 aliphatic rings. The van der Waals surface area contributed by atoms with Crippen LogP contribution < -0.4 is 10.6 Å². The number of carboxylic acids is 1. The minimum Gasteiger partial charge on any atom is -0.478 e. The molecule has 1 aromatic heterocycles. The zero-order valence-electron chi connectivity index (χ0n) is 11.5. The first-order valence-electron chi connectivity index (χ1n) is 6.34. The third-order valence-corrected chi connectivity index (χ3v) is 2.92. The Hall–Kier alpha value is -2.89. The number of hydrogen-bond donors (Lipinski definition) is 3. The average Bonchev–Trinajstić information content (AvgIpc) is 2.48. The quantitative estimate of drug-likeness (QED) is 0.804. The molecule has 21 heavy (non-hydrogen) atoms. The van der Waals surface area contributed by atoms with Gasteiger partial charge in [-0.1, -0.05) is 0 Å². The monoisotopic (exact) mass is 285 g/mol. The molecule has 0 aliphatic heterocycles. The number of aromatic nitrogens is 1. The standard InChI is InChI=1S/C15H15N3O3/c1-10-8-12(14(19)20)2-3-13(10)18-15(21)17-9-11-4-6-16-7-5-11/h2-8H,9H2,1H3,(H,19,20)(H2,17,18,21). The molecule has 1 aromatic carbocycles. The fourth-order valence-electron chi connectivity index (χ4n) is 1.79. The molecule has 0 radical (unpaired) electrons. The van der Waals surface area contributed by atoms with Gasteiger partial charge < -0.3 is 15.7 Å². The minimum atomic E-state index is -0.994. The number of amides is 2. The molecule has 0 saturated carbocycles. The van der Waals surface area contributed by atoms with Gasteiger partial charge in [-0.2, -0.15) is 0 Å². The number of carbonyl (C=O) groups excluding carboxylic acids is 1. The summed E-state index contributed by atoms with van der Waals surface area (Å²) in [6.45, 7) is 2.13. The summed E-state index contributed by atoms with van der Waals surface area (Å²) in [7, 11) is 0. The Morgan fingerprint density at radius 2 is 1.90 bits per heavy atom. The van der Waals surface area contributed by atoms with Crippen LogP contribution in [-0.2, 0) is 6.54 Å². The molecule has 108 valence electrons. The molecule has 6 heteroatoms. The second-order valence-electron chi connectivity index (χ2n) is 4.50. The van der Waals surface area contributed by atoms with E-state index in [0.717, 1.165) is 5.56 Å². The molecule has 2 amide bonds. The van der Waals surface area contributed by atoms with Gasteiger partial charge in [0.2, 0.25) is 0 Å². The van der Waals surface area contributed by atoms with Crippen LogP contribution in [-0.4, -0.2) is 22.1 Å². The van der Waals surface area contributed by atoms with Gasteiger partial charge >= 0.3 is 12.0 Å². The molecule has 1 heterocycles. The van der Waals surface area contributed by atoms with Crippen molar-refractivity contribution in [2.75, 3.05) is 5.32 Å². The maximum atomic E-state index is 11.8. The normalized spacial score (nSPS) is 9.95. The second kappa shape index (κ2) is 6.51. The van der Waals surface area contributed by atoms with Gasteiger partial charge in [0.05, 0.1) is 5.56 Å². The van der Waals surface area contributed by atoms with Crippen LogP contribution in [0.2, 0.25) is 0 Å². The zero-order chi connectivity index (χ0) is 15.2. The molecule has 0 fully saturated rings. The smallest absolute Gasteiger partial charge is 0.335 e. The number of rotatable bonds is 4. The largest absolute Gasteiger partial charge is 0.478 e. The van der Waals surface area contributed by atoms with E-state index in [4.69, 9.17) is 5.11 Å².